The van der Waals surface area contributed by atoms with E-state index in [9.17, 15) is 9.90 Å². The number of aromatic hydroxyl groups is 1. The maximum Gasteiger partial charge on any atom is 0.286 e. The Kier molecular flexibility index (Phi) is 5.85. The predicted molar refractivity (Wildman–Crippen MR) is 133 cm³/mol. The number of carbonyl (C=O) groups excluding carboxylic acids is 1. The van der Waals surface area contributed by atoms with Crippen LogP contribution in [0, 0.1) is 0 Å². The number of phenols is 1. The molecule has 3 aliphatic rings. The first-order valence-corrected chi connectivity index (χ1v) is 12.5. The zero-order chi connectivity index (χ0) is 22.1. The van der Waals surface area contributed by atoms with Gasteiger partial charge in [-0.15, -0.1) is 0 Å². The molecule has 1 amide bonds. The van der Waals surface area contributed by atoms with Gasteiger partial charge in [-0.25, -0.2) is 0 Å². The average Bonchev–Trinajstić information content (AvgIpc) is 3.45. The zero-order valence-corrected chi connectivity index (χ0v) is 19.5. The Morgan fingerprint density at radius 1 is 1.00 bits per heavy atom. The molecule has 1 saturated carbocycles. The summed E-state index contributed by atoms with van der Waals surface area (Å²) in [6.07, 6.45) is 10.3. The minimum absolute atomic E-state index is 0.0359. The van der Waals surface area contributed by atoms with Crippen LogP contribution in [0.25, 0.3) is 17.2 Å². The second kappa shape index (κ2) is 8.78. The molecule has 0 atom stereocenters. The van der Waals surface area contributed by atoms with Gasteiger partial charge in [0.25, 0.3) is 5.91 Å². The Balaban J connectivity index is 1.41. The monoisotopic (exact) mass is 446 g/mol. The minimum atomic E-state index is -0.139. The third-order valence-electron chi connectivity index (χ3n) is 7.11. The number of benzene rings is 2. The molecule has 2 aromatic carbocycles. The molecule has 4 nitrogen and oxygen atoms in total. The summed E-state index contributed by atoms with van der Waals surface area (Å²) in [5, 5.41) is 11.5. The van der Waals surface area contributed by atoms with E-state index in [0.717, 1.165) is 53.4 Å². The fourth-order valence-corrected chi connectivity index (χ4v) is 6.17. The lowest BCUT2D eigenvalue weighted by Gasteiger charge is -2.34. The van der Waals surface area contributed by atoms with Crippen molar-refractivity contribution in [1.82, 2.24) is 4.90 Å². The van der Waals surface area contributed by atoms with Crippen LogP contribution in [0.4, 0.5) is 0 Å². The predicted octanol–water partition coefficient (Wildman–Crippen LogP) is 6.35. The topological polar surface area (TPSA) is 52.9 Å². The number of hydrogen-bond donors (Lipinski definition) is 1. The van der Waals surface area contributed by atoms with Gasteiger partial charge in [-0.2, -0.15) is 4.99 Å². The van der Waals surface area contributed by atoms with Crippen LogP contribution in [0.3, 0.4) is 0 Å². The van der Waals surface area contributed by atoms with Crippen molar-refractivity contribution in [3.8, 4) is 16.9 Å². The fraction of sp³-hybridized carbons (Fsp3) is 0.407. The van der Waals surface area contributed by atoms with Crippen molar-refractivity contribution >= 4 is 28.9 Å². The van der Waals surface area contributed by atoms with Crippen molar-refractivity contribution in [2.75, 3.05) is 13.1 Å². The SMILES string of the molecule is CC1(c2cc(-c3cccc(/C=C4\SC(N5CCCC5)=NC4=O)c3)ccc2O)CCCCC1. The van der Waals surface area contributed by atoms with Crippen molar-refractivity contribution in [3.63, 3.8) is 0 Å². The van der Waals surface area contributed by atoms with Gasteiger partial charge >= 0.3 is 0 Å². The highest BCUT2D eigenvalue weighted by atomic mass is 32.2. The lowest BCUT2D eigenvalue weighted by Crippen LogP contribution is -2.25. The molecular formula is C27H30N2O2S. The van der Waals surface area contributed by atoms with E-state index >= 15 is 0 Å². The van der Waals surface area contributed by atoms with Gasteiger partial charge in [-0.05, 0) is 83.8 Å². The van der Waals surface area contributed by atoms with Gasteiger partial charge in [0.05, 0.1) is 4.91 Å². The highest BCUT2D eigenvalue weighted by Gasteiger charge is 2.31. The molecule has 2 aromatic rings. The molecule has 0 unspecified atom stereocenters. The largest absolute Gasteiger partial charge is 0.508 e. The number of rotatable bonds is 3. The van der Waals surface area contributed by atoms with Crippen LogP contribution in [-0.2, 0) is 10.2 Å². The molecule has 5 heteroatoms. The lowest BCUT2D eigenvalue weighted by atomic mass is 9.70. The maximum absolute atomic E-state index is 12.5. The quantitative estimate of drug-likeness (QED) is 0.559. The second-order valence-electron chi connectivity index (χ2n) is 9.48. The summed E-state index contributed by atoms with van der Waals surface area (Å²) >= 11 is 1.49. The van der Waals surface area contributed by atoms with E-state index in [1.807, 2.05) is 30.3 Å². The number of aliphatic imine (C=N–C) groups is 1. The van der Waals surface area contributed by atoms with E-state index in [1.54, 1.807) is 0 Å². The summed E-state index contributed by atoms with van der Waals surface area (Å²) in [5.41, 5.74) is 4.28. The highest BCUT2D eigenvalue weighted by Crippen LogP contribution is 2.44. The zero-order valence-electron chi connectivity index (χ0n) is 18.6. The number of nitrogens with zero attached hydrogens (tertiary/aromatic N) is 2. The van der Waals surface area contributed by atoms with E-state index in [0.29, 0.717) is 10.7 Å². The van der Waals surface area contributed by atoms with Crippen LogP contribution in [0.2, 0.25) is 0 Å². The van der Waals surface area contributed by atoms with E-state index in [-0.39, 0.29) is 11.3 Å². The number of thioether (sulfide) groups is 1. The van der Waals surface area contributed by atoms with Crippen LogP contribution >= 0.6 is 11.8 Å². The summed E-state index contributed by atoms with van der Waals surface area (Å²) in [4.78, 5) is 19.6. The van der Waals surface area contributed by atoms with Crippen LogP contribution in [0.5, 0.6) is 5.75 Å². The molecule has 0 aromatic heterocycles. The fourth-order valence-electron chi connectivity index (χ4n) is 5.20. The summed E-state index contributed by atoms with van der Waals surface area (Å²) in [6, 6.07) is 14.3. The Hall–Kier alpha value is -2.53. The average molecular weight is 447 g/mol. The first-order chi connectivity index (χ1) is 15.5. The van der Waals surface area contributed by atoms with Gasteiger partial charge in [0.1, 0.15) is 5.75 Å². The Bertz CT molecular complexity index is 1090. The summed E-state index contributed by atoms with van der Waals surface area (Å²) in [6.45, 7) is 4.26. The first kappa shape index (κ1) is 21.3. The maximum atomic E-state index is 12.5. The van der Waals surface area contributed by atoms with Crippen molar-refractivity contribution < 1.29 is 9.90 Å². The summed E-state index contributed by atoms with van der Waals surface area (Å²) in [7, 11) is 0. The third-order valence-corrected chi connectivity index (χ3v) is 8.15. The van der Waals surface area contributed by atoms with Crippen LogP contribution < -0.4 is 0 Å². The molecule has 0 bridgehead atoms. The van der Waals surface area contributed by atoms with E-state index in [1.165, 1.54) is 43.9 Å². The molecule has 5 rings (SSSR count). The normalized spacial score (nSPS) is 21.9. The molecule has 2 fully saturated rings. The molecule has 166 valence electrons. The van der Waals surface area contributed by atoms with Gasteiger partial charge in [-0.3, -0.25) is 4.79 Å². The van der Waals surface area contributed by atoms with E-state index in [4.69, 9.17) is 0 Å². The lowest BCUT2D eigenvalue weighted by molar-refractivity contribution is -0.113. The third kappa shape index (κ3) is 4.23. The number of phenolic OH excluding ortho intramolecular Hbond substituents is 1. The highest BCUT2D eigenvalue weighted by molar-refractivity contribution is 8.18. The molecule has 2 aliphatic heterocycles. The summed E-state index contributed by atoms with van der Waals surface area (Å²) in [5.74, 6) is 0.260. The van der Waals surface area contributed by atoms with Crippen LogP contribution in [0.1, 0.15) is 63.0 Å². The minimum Gasteiger partial charge on any atom is -0.508 e. The van der Waals surface area contributed by atoms with Gasteiger partial charge in [0, 0.05) is 18.7 Å². The Labute approximate surface area is 194 Å². The van der Waals surface area contributed by atoms with Gasteiger partial charge in [0.15, 0.2) is 5.17 Å². The van der Waals surface area contributed by atoms with Gasteiger partial charge in [-0.1, -0.05) is 50.5 Å². The molecular weight excluding hydrogens is 416 g/mol. The number of amides is 1. The van der Waals surface area contributed by atoms with Crippen LogP contribution in [-0.4, -0.2) is 34.2 Å². The molecule has 1 aliphatic carbocycles. The molecule has 1 saturated heterocycles. The van der Waals surface area contributed by atoms with Crippen molar-refractivity contribution in [1.29, 1.82) is 0 Å². The van der Waals surface area contributed by atoms with Crippen molar-refractivity contribution in [3.05, 3.63) is 58.5 Å². The van der Waals surface area contributed by atoms with Crippen molar-refractivity contribution in [2.45, 2.75) is 57.3 Å². The molecule has 2 heterocycles. The Morgan fingerprint density at radius 2 is 1.75 bits per heavy atom. The second-order valence-corrected chi connectivity index (χ2v) is 10.5. The molecule has 32 heavy (non-hydrogen) atoms. The van der Waals surface area contributed by atoms with E-state index in [2.05, 4.69) is 35.0 Å². The smallest absolute Gasteiger partial charge is 0.286 e. The Morgan fingerprint density at radius 3 is 2.53 bits per heavy atom. The molecule has 1 N–H and O–H groups in total. The number of likely N-dealkylation sites (tertiary alicyclic amines) is 1. The summed E-state index contributed by atoms with van der Waals surface area (Å²) < 4.78 is 0. The van der Waals surface area contributed by atoms with Gasteiger partial charge in [0.2, 0.25) is 0 Å². The van der Waals surface area contributed by atoms with E-state index < -0.39 is 0 Å². The van der Waals surface area contributed by atoms with Gasteiger partial charge < -0.3 is 10.0 Å². The standard InChI is InChI=1S/C27H30N2O2S/c1-27(12-3-2-4-13-27)22-18-21(10-11-23(22)30)20-9-7-8-19(16-20)17-24-25(31)28-26(32-24)29-14-5-6-15-29/h7-11,16-18,30H,2-6,12-15H2,1H3/b24-17-. The number of amidine groups is 1. The number of hydrogen-bond acceptors (Lipinski definition) is 4. The molecule has 0 spiro atoms. The first-order valence-electron chi connectivity index (χ1n) is 11.7. The van der Waals surface area contributed by atoms with Crippen LogP contribution in [0.15, 0.2) is 52.4 Å². The number of carbonyl (C=O) groups is 1. The van der Waals surface area contributed by atoms with Crippen molar-refractivity contribution in [2.24, 2.45) is 4.99 Å². The molecule has 0 radical (unpaired) electrons.